The van der Waals surface area contributed by atoms with Crippen LogP contribution in [0.2, 0.25) is 0 Å². The molecule has 1 N–H and O–H groups in total. The van der Waals surface area contributed by atoms with E-state index in [4.69, 9.17) is 4.52 Å². The average molecular weight is 382 g/mol. The zero-order valence-electron chi connectivity index (χ0n) is 14.4. The number of aromatic nitrogens is 5. The molecule has 0 saturated carbocycles. The molecule has 0 spiro atoms. The highest BCUT2D eigenvalue weighted by molar-refractivity contribution is 6.01. The molecule has 4 aromatic rings. The van der Waals surface area contributed by atoms with Crippen LogP contribution in [0.4, 0.5) is 14.5 Å². The van der Waals surface area contributed by atoms with Crippen LogP contribution >= 0.6 is 0 Å². The van der Waals surface area contributed by atoms with Crippen LogP contribution in [0.1, 0.15) is 16.2 Å². The average Bonchev–Trinajstić information content (AvgIpc) is 3.35. The van der Waals surface area contributed by atoms with Gasteiger partial charge in [0.2, 0.25) is 5.82 Å². The van der Waals surface area contributed by atoms with Gasteiger partial charge in [-0.05, 0) is 55.0 Å². The number of carbonyl (C=O) groups is 1. The molecule has 0 aliphatic carbocycles. The van der Waals surface area contributed by atoms with Crippen LogP contribution in [0, 0.1) is 18.6 Å². The molecule has 4 rings (SSSR count). The van der Waals surface area contributed by atoms with Crippen molar-refractivity contribution in [1.82, 2.24) is 25.1 Å². The second kappa shape index (κ2) is 6.99. The molecule has 0 bridgehead atoms. The molecule has 8 nitrogen and oxygen atoms in total. The molecule has 28 heavy (non-hydrogen) atoms. The van der Waals surface area contributed by atoms with Crippen molar-refractivity contribution >= 4 is 11.6 Å². The number of nitrogens with zero attached hydrogens (tertiary/aromatic N) is 5. The van der Waals surface area contributed by atoms with Crippen molar-refractivity contribution in [1.29, 1.82) is 0 Å². The zero-order chi connectivity index (χ0) is 19.7. The molecule has 1 amide bonds. The Bertz CT molecular complexity index is 1150. The first-order valence-corrected chi connectivity index (χ1v) is 8.09. The van der Waals surface area contributed by atoms with Crippen LogP contribution in [-0.2, 0) is 0 Å². The first-order valence-electron chi connectivity index (χ1n) is 8.09. The lowest BCUT2D eigenvalue weighted by molar-refractivity contribution is 0.0981. The van der Waals surface area contributed by atoms with Crippen LogP contribution in [0.15, 0.2) is 53.2 Å². The van der Waals surface area contributed by atoms with Crippen LogP contribution in [0.3, 0.4) is 0 Å². The van der Waals surface area contributed by atoms with Crippen molar-refractivity contribution in [3.63, 3.8) is 0 Å². The number of hydrogen-bond acceptors (Lipinski definition) is 6. The van der Waals surface area contributed by atoms with Crippen LogP contribution in [0.25, 0.3) is 17.2 Å². The maximum absolute atomic E-state index is 13.3. The largest absolute Gasteiger partial charge is 0.328 e. The Hall–Kier alpha value is -3.95. The lowest BCUT2D eigenvalue weighted by Crippen LogP contribution is -2.12. The highest BCUT2D eigenvalue weighted by Crippen LogP contribution is 2.17. The Kier molecular flexibility index (Phi) is 4.36. The molecule has 2 heterocycles. The fraction of sp³-hybridized carbons (Fsp3) is 0.0556. The zero-order valence-corrected chi connectivity index (χ0v) is 14.4. The Balaban J connectivity index is 1.52. The summed E-state index contributed by atoms with van der Waals surface area (Å²) in [6.45, 7) is 1.58. The minimum atomic E-state index is -0.643. The lowest BCUT2D eigenvalue weighted by atomic mass is 10.2. The molecule has 140 valence electrons. The summed E-state index contributed by atoms with van der Waals surface area (Å²) in [5.74, 6) is -1.60. The normalized spacial score (nSPS) is 10.8. The molecule has 0 atom stereocenters. The number of rotatable bonds is 4. The quantitative estimate of drug-likeness (QED) is 0.582. The van der Waals surface area contributed by atoms with Gasteiger partial charge >= 0.3 is 11.8 Å². The summed E-state index contributed by atoms with van der Waals surface area (Å²) < 4.78 is 32.7. The van der Waals surface area contributed by atoms with E-state index < -0.39 is 5.91 Å². The molecule has 0 unspecified atom stereocenters. The third-order valence-corrected chi connectivity index (χ3v) is 3.85. The summed E-state index contributed by atoms with van der Waals surface area (Å²) in [5.41, 5.74) is 1.64. The number of nitrogens with one attached hydrogen (secondary N) is 1. The number of aryl methyl sites for hydroxylation is 1. The van der Waals surface area contributed by atoms with Gasteiger partial charge in [-0.25, -0.2) is 13.5 Å². The number of amides is 1. The molecule has 0 radical (unpaired) electrons. The number of anilines is 1. The van der Waals surface area contributed by atoms with Gasteiger partial charge in [-0.3, -0.25) is 4.79 Å². The van der Waals surface area contributed by atoms with Crippen LogP contribution < -0.4 is 5.32 Å². The standard InChI is InChI=1S/C18H12F2N6O2/c1-10-8-12(4-7-14(10)20)21-17(27)18-22-16(24-28-18)15-9-26(25-23-15)13-5-2-11(19)3-6-13/h2-9H,1H3,(H,21,27). The van der Waals surface area contributed by atoms with Gasteiger partial charge in [0.1, 0.15) is 11.6 Å². The summed E-state index contributed by atoms with van der Waals surface area (Å²) in [6, 6.07) is 9.82. The summed E-state index contributed by atoms with van der Waals surface area (Å²) >= 11 is 0. The maximum Gasteiger partial charge on any atom is 0.316 e. The molecule has 0 saturated heterocycles. The SMILES string of the molecule is Cc1cc(NC(=O)c2nc(-c3cn(-c4ccc(F)cc4)nn3)no2)ccc1F. The van der Waals surface area contributed by atoms with Gasteiger partial charge in [-0.1, -0.05) is 10.4 Å². The van der Waals surface area contributed by atoms with E-state index in [1.54, 1.807) is 6.92 Å². The van der Waals surface area contributed by atoms with Crippen molar-refractivity contribution < 1.29 is 18.1 Å². The Labute approximate surface area is 156 Å². The van der Waals surface area contributed by atoms with E-state index >= 15 is 0 Å². The maximum atomic E-state index is 13.3. The molecular formula is C18H12F2N6O2. The number of benzene rings is 2. The van der Waals surface area contributed by atoms with E-state index in [0.717, 1.165) is 0 Å². The van der Waals surface area contributed by atoms with E-state index in [0.29, 0.717) is 16.9 Å². The predicted molar refractivity (Wildman–Crippen MR) is 93.7 cm³/mol. The van der Waals surface area contributed by atoms with E-state index in [1.165, 1.54) is 53.3 Å². The smallest absolute Gasteiger partial charge is 0.316 e. The Morgan fingerprint density at radius 2 is 1.93 bits per heavy atom. The van der Waals surface area contributed by atoms with E-state index in [-0.39, 0.29) is 29.0 Å². The van der Waals surface area contributed by atoms with Gasteiger partial charge < -0.3 is 9.84 Å². The summed E-state index contributed by atoms with van der Waals surface area (Å²) in [7, 11) is 0. The Morgan fingerprint density at radius 1 is 1.14 bits per heavy atom. The first kappa shape index (κ1) is 17.5. The van der Waals surface area contributed by atoms with Gasteiger partial charge in [0.25, 0.3) is 0 Å². The minimum absolute atomic E-state index is 0.0637. The minimum Gasteiger partial charge on any atom is -0.328 e. The van der Waals surface area contributed by atoms with Crippen molar-refractivity contribution in [3.05, 3.63) is 71.8 Å². The van der Waals surface area contributed by atoms with Crippen molar-refractivity contribution in [3.8, 4) is 17.2 Å². The highest BCUT2D eigenvalue weighted by atomic mass is 19.1. The molecule has 0 fully saturated rings. The molecule has 2 aromatic carbocycles. The molecular weight excluding hydrogens is 370 g/mol. The van der Waals surface area contributed by atoms with Crippen molar-refractivity contribution in [2.75, 3.05) is 5.32 Å². The number of halogens is 2. The summed E-state index contributed by atoms with van der Waals surface area (Å²) in [4.78, 5) is 16.2. The third kappa shape index (κ3) is 3.47. The van der Waals surface area contributed by atoms with Crippen LogP contribution in [0.5, 0.6) is 0 Å². The Morgan fingerprint density at radius 3 is 2.68 bits per heavy atom. The summed E-state index contributed by atoms with van der Waals surface area (Å²) in [6.07, 6.45) is 1.52. The number of carbonyl (C=O) groups excluding carboxylic acids is 1. The van der Waals surface area contributed by atoms with E-state index in [1.807, 2.05) is 0 Å². The highest BCUT2D eigenvalue weighted by Gasteiger charge is 2.18. The predicted octanol–water partition coefficient (Wildman–Crippen LogP) is 3.16. The molecule has 2 aromatic heterocycles. The first-order chi connectivity index (χ1) is 13.5. The fourth-order valence-electron chi connectivity index (χ4n) is 2.41. The monoisotopic (exact) mass is 382 g/mol. The van der Waals surface area contributed by atoms with Crippen LogP contribution in [-0.4, -0.2) is 31.0 Å². The van der Waals surface area contributed by atoms with Crippen molar-refractivity contribution in [2.24, 2.45) is 0 Å². The van der Waals surface area contributed by atoms with Gasteiger partial charge in [0, 0.05) is 5.69 Å². The van der Waals surface area contributed by atoms with Crippen molar-refractivity contribution in [2.45, 2.75) is 6.92 Å². The molecule has 0 aliphatic rings. The van der Waals surface area contributed by atoms with E-state index in [9.17, 15) is 13.6 Å². The van der Waals surface area contributed by atoms with Gasteiger partial charge in [-0.2, -0.15) is 4.98 Å². The fourth-order valence-corrected chi connectivity index (χ4v) is 2.41. The second-order valence-corrected chi connectivity index (χ2v) is 5.87. The topological polar surface area (TPSA) is 98.7 Å². The number of hydrogen-bond donors (Lipinski definition) is 1. The van der Waals surface area contributed by atoms with Gasteiger partial charge in [0.05, 0.1) is 11.9 Å². The van der Waals surface area contributed by atoms with Gasteiger partial charge in [-0.15, -0.1) is 5.10 Å². The van der Waals surface area contributed by atoms with E-state index in [2.05, 4.69) is 25.8 Å². The third-order valence-electron chi connectivity index (χ3n) is 3.85. The molecule has 10 heteroatoms. The van der Waals surface area contributed by atoms with Gasteiger partial charge in [0.15, 0.2) is 5.69 Å². The summed E-state index contributed by atoms with van der Waals surface area (Å²) in [5, 5.41) is 14.1. The second-order valence-electron chi connectivity index (χ2n) is 5.87. The lowest BCUT2D eigenvalue weighted by Gasteiger charge is -2.03. The molecule has 0 aliphatic heterocycles.